The molecule has 2 saturated heterocycles. The number of alkyl carbamates (subject to hydrolysis) is 1. The molecule has 4 rings (SSSR count). The number of benzene rings is 1. The number of rotatable bonds is 5. The monoisotopic (exact) mass is 485 g/mol. The van der Waals surface area contributed by atoms with Crippen molar-refractivity contribution in [3.8, 4) is 0 Å². The van der Waals surface area contributed by atoms with E-state index in [0.717, 1.165) is 50.0 Å². The fraction of sp³-hybridized carbons (Fsp3) is 0.600. The normalized spacial score (nSPS) is 20.2. The van der Waals surface area contributed by atoms with Crippen molar-refractivity contribution < 1.29 is 19.1 Å². The van der Waals surface area contributed by atoms with Gasteiger partial charge in [-0.3, -0.25) is 24.0 Å². The molecule has 10 heteroatoms. The van der Waals surface area contributed by atoms with Gasteiger partial charge in [0.05, 0.1) is 11.0 Å². The number of aromatic nitrogens is 2. The highest BCUT2D eigenvalue weighted by Gasteiger charge is 2.31. The summed E-state index contributed by atoms with van der Waals surface area (Å²) < 4.78 is 8.42. The van der Waals surface area contributed by atoms with E-state index in [2.05, 4.69) is 15.5 Å². The van der Waals surface area contributed by atoms with Gasteiger partial charge in [-0.2, -0.15) is 0 Å². The third-order valence-electron chi connectivity index (χ3n) is 6.70. The molecule has 35 heavy (non-hydrogen) atoms. The Bertz CT molecular complexity index is 1180. The van der Waals surface area contributed by atoms with Crippen LogP contribution in [0.1, 0.15) is 58.1 Å². The van der Waals surface area contributed by atoms with E-state index in [0.29, 0.717) is 11.9 Å². The minimum atomic E-state index is -0.676. The van der Waals surface area contributed by atoms with Crippen molar-refractivity contribution in [3.63, 3.8) is 0 Å². The van der Waals surface area contributed by atoms with Gasteiger partial charge < -0.3 is 15.0 Å². The van der Waals surface area contributed by atoms with Crippen LogP contribution in [-0.4, -0.2) is 63.2 Å². The smallest absolute Gasteiger partial charge is 0.407 e. The van der Waals surface area contributed by atoms with Gasteiger partial charge in [0.2, 0.25) is 11.8 Å². The molecule has 1 atom stereocenters. The number of carbonyl (C=O) groups is 3. The summed E-state index contributed by atoms with van der Waals surface area (Å²) in [5.74, 6) is -0.726. The first kappa shape index (κ1) is 25.0. The Balaban J connectivity index is 1.36. The molecule has 0 aliphatic carbocycles. The molecular formula is C25H35N5O5. The van der Waals surface area contributed by atoms with E-state index in [-0.39, 0.29) is 30.2 Å². The molecule has 3 heterocycles. The fourth-order valence-corrected chi connectivity index (χ4v) is 4.86. The standard InChI is InChI=1S/C25H35N5O5/c1-25(2,3)35-23(33)26-17-10-13-29(14-11-17)12-9-16-5-6-18-20(15-16)28(4)24(34)30(18)19-7-8-21(31)27-22(19)32/h5-6,15,17,19H,7-14H2,1-4H3,(H,26,33)(H,27,31,32). The second-order valence-electron chi connectivity index (χ2n) is 10.5. The van der Waals surface area contributed by atoms with Crippen LogP contribution >= 0.6 is 0 Å². The number of piperidine rings is 2. The van der Waals surface area contributed by atoms with Crippen LogP contribution in [0.3, 0.4) is 0 Å². The zero-order chi connectivity index (χ0) is 25.3. The van der Waals surface area contributed by atoms with E-state index in [1.165, 1.54) is 4.57 Å². The third-order valence-corrected chi connectivity index (χ3v) is 6.70. The van der Waals surface area contributed by atoms with Crippen LogP contribution < -0.4 is 16.3 Å². The first-order chi connectivity index (χ1) is 16.5. The van der Waals surface area contributed by atoms with E-state index < -0.39 is 17.6 Å². The molecule has 2 aliphatic heterocycles. The summed E-state index contributed by atoms with van der Waals surface area (Å²) in [5, 5.41) is 5.30. The SMILES string of the molecule is Cn1c(=O)n(C2CCC(=O)NC2=O)c2ccc(CCN3CCC(NC(=O)OC(C)(C)C)CC3)cc21. The molecular weight excluding hydrogens is 450 g/mol. The molecule has 1 aromatic heterocycles. The lowest BCUT2D eigenvalue weighted by molar-refractivity contribution is -0.135. The number of aryl methyl sites for hydroxylation is 1. The van der Waals surface area contributed by atoms with Crippen molar-refractivity contribution in [1.29, 1.82) is 0 Å². The van der Waals surface area contributed by atoms with Gasteiger partial charge in [0.1, 0.15) is 11.6 Å². The maximum absolute atomic E-state index is 12.9. The summed E-state index contributed by atoms with van der Waals surface area (Å²) in [7, 11) is 1.71. The van der Waals surface area contributed by atoms with Crippen molar-refractivity contribution in [2.75, 3.05) is 19.6 Å². The summed E-state index contributed by atoms with van der Waals surface area (Å²) >= 11 is 0. The van der Waals surface area contributed by atoms with Gasteiger partial charge in [-0.1, -0.05) is 6.07 Å². The van der Waals surface area contributed by atoms with Crippen LogP contribution in [0.15, 0.2) is 23.0 Å². The van der Waals surface area contributed by atoms with Crippen LogP contribution in [-0.2, 0) is 27.8 Å². The molecule has 0 spiro atoms. The highest BCUT2D eigenvalue weighted by molar-refractivity contribution is 6.00. The van der Waals surface area contributed by atoms with Gasteiger partial charge in [0, 0.05) is 39.1 Å². The van der Waals surface area contributed by atoms with Gasteiger partial charge in [0.25, 0.3) is 0 Å². The van der Waals surface area contributed by atoms with Gasteiger partial charge in [0.15, 0.2) is 0 Å². The quantitative estimate of drug-likeness (QED) is 0.625. The van der Waals surface area contributed by atoms with Gasteiger partial charge in [-0.15, -0.1) is 0 Å². The predicted octanol–water partition coefficient (Wildman–Crippen LogP) is 1.85. The average molecular weight is 486 g/mol. The molecule has 2 fully saturated rings. The predicted molar refractivity (Wildman–Crippen MR) is 131 cm³/mol. The van der Waals surface area contributed by atoms with Crippen LogP contribution in [0.5, 0.6) is 0 Å². The second kappa shape index (κ2) is 9.85. The minimum Gasteiger partial charge on any atom is -0.444 e. The molecule has 0 saturated carbocycles. The second-order valence-corrected chi connectivity index (χ2v) is 10.5. The Morgan fingerprint density at radius 3 is 2.49 bits per heavy atom. The van der Waals surface area contributed by atoms with Crippen LogP contribution in [0.25, 0.3) is 11.0 Å². The number of imidazole rings is 1. The Morgan fingerprint density at radius 1 is 1.11 bits per heavy atom. The Morgan fingerprint density at radius 2 is 1.83 bits per heavy atom. The minimum absolute atomic E-state index is 0.124. The Labute approximate surface area is 204 Å². The molecule has 1 unspecified atom stereocenters. The van der Waals surface area contributed by atoms with Gasteiger partial charge in [-0.05, 0) is 64.2 Å². The molecule has 3 amide bonds. The lowest BCUT2D eigenvalue weighted by Crippen LogP contribution is -2.46. The fourth-order valence-electron chi connectivity index (χ4n) is 4.86. The number of likely N-dealkylation sites (tertiary alicyclic amines) is 1. The molecule has 2 aromatic rings. The summed E-state index contributed by atoms with van der Waals surface area (Å²) in [6, 6.07) is 5.35. The number of hydrogen-bond donors (Lipinski definition) is 2. The zero-order valence-corrected chi connectivity index (χ0v) is 20.9. The zero-order valence-electron chi connectivity index (χ0n) is 20.9. The van der Waals surface area contributed by atoms with Crippen molar-refractivity contribution >= 4 is 28.9 Å². The van der Waals surface area contributed by atoms with E-state index >= 15 is 0 Å². The number of ether oxygens (including phenoxy) is 1. The van der Waals surface area contributed by atoms with E-state index in [1.54, 1.807) is 11.6 Å². The highest BCUT2D eigenvalue weighted by Crippen LogP contribution is 2.24. The number of carbonyl (C=O) groups excluding carboxylic acids is 3. The third kappa shape index (κ3) is 5.75. The first-order valence-electron chi connectivity index (χ1n) is 12.3. The maximum Gasteiger partial charge on any atom is 0.407 e. The lowest BCUT2D eigenvalue weighted by Gasteiger charge is -2.32. The summed E-state index contributed by atoms with van der Waals surface area (Å²) in [4.78, 5) is 51.2. The highest BCUT2D eigenvalue weighted by atomic mass is 16.6. The van der Waals surface area contributed by atoms with Crippen molar-refractivity contribution in [1.82, 2.24) is 24.7 Å². The number of fused-ring (bicyclic) bond motifs is 1. The first-order valence-corrected chi connectivity index (χ1v) is 12.3. The molecule has 10 nitrogen and oxygen atoms in total. The van der Waals surface area contributed by atoms with E-state index in [4.69, 9.17) is 4.74 Å². The lowest BCUT2D eigenvalue weighted by atomic mass is 10.0. The topological polar surface area (TPSA) is 115 Å². The van der Waals surface area contributed by atoms with Gasteiger partial charge in [-0.25, -0.2) is 9.59 Å². The Kier molecular flexibility index (Phi) is 7.02. The summed E-state index contributed by atoms with van der Waals surface area (Å²) in [5.41, 5.74) is 1.83. The van der Waals surface area contributed by atoms with Crippen molar-refractivity contribution in [3.05, 3.63) is 34.2 Å². The molecule has 2 N–H and O–H groups in total. The van der Waals surface area contributed by atoms with Crippen LogP contribution in [0, 0.1) is 0 Å². The Hall–Kier alpha value is -3.14. The van der Waals surface area contributed by atoms with Crippen molar-refractivity contribution in [2.24, 2.45) is 7.05 Å². The largest absolute Gasteiger partial charge is 0.444 e. The molecule has 1 aromatic carbocycles. The number of nitrogens with one attached hydrogen (secondary N) is 2. The number of nitrogens with zero attached hydrogens (tertiary/aromatic N) is 3. The van der Waals surface area contributed by atoms with E-state index in [1.807, 2.05) is 39.0 Å². The molecule has 0 radical (unpaired) electrons. The van der Waals surface area contributed by atoms with Gasteiger partial charge >= 0.3 is 11.8 Å². The molecule has 0 bridgehead atoms. The molecule has 190 valence electrons. The van der Waals surface area contributed by atoms with Crippen LogP contribution in [0.4, 0.5) is 4.79 Å². The number of hydrogen-bond acceptors (Lipinski definition) is 6. The molecule has 2 aliphatic rings. The van der Waals surface area contributed by atoms with Crippen LogP contribution in [0.2, 0.25) is 0 Å². The number of imide groups is 1. The summed E-state index contributed by atoms with van der Waals surface area (Å²) in [6.45, 7) is 8.24. The number of amides is 3. The maximum atomic E-state index is 12.9. The summed E-state index contributed by atoms with van der Waals surface area (Å²) in [6.07, 6.45) is 2.77. The average Bonchev–Trinajstić information content (AvgIpc) is 3.02. The van der Waals surface area contributed by atoms with E-state index in [9.17, 15) is 19.2 Å². The van der Waals surface area contributed by atoms with Crippen molar-refractivity contribution in [2.45, 2.75) is 70.6 Å².